The Kier molecular flexibility index (Phi) is 6.93. The molecular weight excluding hydrogens is 424 g/mol. The molecule has 2 amide bonds. The van der Waals surface area contributed by atoms with Crippen LogP contribution in [0.3, 0.4) is 0 Å². The second kappa shape index (κ2) is 10.0. The third kappa shape index (κ3) is 5.01. The predicted octanol–water partition coefficient (Wildman–Crippen LogP) is 3.56. The molecule has 1 saturated carbocycles. The van der Waals surface area contributed by atoms with E-state index < -0.39 is 30.6 Å². The molecule has 2 atom stereocenters. The highest BCUT2D eigenvalue weighted by atomic mass is 16.7. The SMILES string of the molecule is CN(OCC(=O)O)C(=O)C1CCCCC1NC(=O)OCC1c2ccccc2-c2ccccc21. The number of hydrogen-bond donors (Lipinski definition) is 2. The number of aliphatic carboxylic acids is 1. The second-order valence-corrected chi connectivity index (χ2v) is 8.47. The monoisotopic (exact) mass is 452 g/mol. The molecule has 4 rings (SSSR count). The van der Waals surface area contributed by atoms with Crippen molar-refractivity contribution >= 4 is 18.0 Å². The van der Waals surface area contributed by atoms with Crippen LogP contribution in [0.25, 0.3) is 11.1 Å². The zero-order valence-corrected chi connectivity index (χ0v) is 18.5. The Morgan fingerprint density at radius 3 is 2.24 bits per heavy atom. The molecule has 1 fully saturated rings. The number of benzene rings is 2. The number of nitrogens with zero attached hydrogens (tertiary/aromatic N) is 1. The van der Waals surface area contributed by atoms with Gasteiger partial charge in [-0.05, 0) is 35.1 Å². The number of hydrogen-bond acceptors (Lipinski definition) is 5. The number of fused-ring (bicyclic) bond motifs is 3. The number of ether oxygens (including phenoxy) is 1. The summed E-state index contributed by atoms with van der Waals surface area (Å²) in [5.74, 6) is -2.04. The van der Waals surface area contributed by atoms with E-state index in [1.54, 1.807) is 0 Å². The van der Waals surface area contributed by atoms with E-state index in [9.17, 15) is 14.4 Å². The summed E-state index contributed by atoms with van der Waals surface area (Å²) >= 11 is 0. The van der Waals surface area contributed by atoms with E-state index in [1.165, 1.54) is 7.05 Å². The molecule has 174 valence electrons. The molecule has 0 bridgehead atoms. The summed E-state index contributed by atoms with van der Waals surface area (Å²) in [5, 5.41) is 12.6. The van der Waals surface area contributed by atoms with E-state index >= 15 is 0 Å². The molecule has 0 aliphatic heterocycles. The fourth-order valence-electron chi connectivity index (χ4n) is 4.84. The number of carbonyl (C=O) groups is 3. The van der Waals surface area contributed by atoms with Crippen molar-refractivity contribution in [1.82, 2.24) is 10.4 Å². The average molecular weight is 453 g/mol. The van der Waals surface area contributed by atoms with E-state index in [2.05, 4.69) is 29.6 Å². The van der Waals surface area contributed by atoms with E-state index in [1.807, 2.05) is 24.3 Å². The van der Waals surface area contributed by atoms with Crippen LogP contribution in [0.4, 0.5) is 4.79 Å². The van der Waals surface area contributed by atoms with Crippen molar-refractivity contribution in [2.24, 2.45) is 5.92 Å². The van der Waals surface area contributed by atoms with Gasteiger partial charge in [0.05, 0.1) is 5.92 Å². The molecule has 2 aromatic rings. The lowest BCUT2D eigenvalue weighted by Crippen LogP contribution is -2.49. The van der Waals surface area contributed by atoms with E-state index in [0.29, 0.717) is 12.8 Å². The van der Waals surface area contributed by atoms with Gasteiger partial charge in [0.2, 0.25) is 0 Å². The Morgan fingerprint density at radius 1 is 1.00 bits per heavy atom. The average Bonchev–Trinajstić information content (AvgIpc) is 3.15. The predicted molar refractivity (Wildman–Crippen MR) is 120 cm³/mol. The minimum absolute atomic E-state index is 0.0394. The Hall–Kier alpha value is -3.39. The Balaban J connectivity index is 1.38. The molecule has 0 aromatic heterocycles. The van der Waals surface area contributed by atoms with Crippen LogP contribution >= 0.6 is 0 Å². The molecule has 2 unspecified atom stereocenters. The Bertz CT molecular complexity index is 994. The van der Waals surface area contributed by atoms with Gasteiger partial charge in [-0.2, -0.15) is 0 Å². The van der Waals surface area contributed by atoms with E-state index in [4.69, 9.17) is 14.7 Å². The zero-order valence-electron chi connectivity index (χ0n) is 18.5. The molecule has 0 radical (unpaired) electrons. The van der Waals surface area contributed by atoms with Gasteiger partial charge in [0.25, 0.3) is 5.91 Å². The smallest absolute Gasteiger partial charge is 0.407 e. The van der Waals surface area contributed by atoms with Crippen LogP contribution in [-0.2, 0) is 19.2 Å². The van der Waals surface area contributed by atoms with Crippen molar-refractivity contribution in [3.63, 3.8) is 0 Å². The number of carbonyl (C=O) groups excluding carboxylic acids is 2. The quantitative estimate of drug-likeness (QED) is 0.623. The molecule has 8 heteroatoms. The number of amides is 2. The van der Waals surface area contributed by atoms with Gasteiger partial charge in [0.15, 0.2) is 6.61 Å². The van der Waals surface area contributed by atoms with Gasteiger partial charge in [0.1, 0.15) is 6.61 Å². The van der Waals surface area contributed by atoms with E-state index in [-0.39, 0.29) is 18.4 Å². The molecule has 0 saturated heterocycles. The molecule has 0 spiro atoms. The summed E-state index contributed by atoms with van der Waals surface area (Å²) in [6.07, 6.45) is 2.42. The maximum absolute atomic E-state index is 12.8. The summed E-state index contributed by atoms with van der Waals surface area (Å²) in [6.45, 7) is -0.397. The summed E-state index contributed by atoms with van der Waals surface area (Å²) in [7, 11) is 1.39. The molecule has 2 aliphatic rings. The minimum Gasteiger partial charge on any atom is -0.479 e. The van der Waals surface area contributed by atoms with E-state index in [0.717, 1.165) is 40.2 Å². The number of nitrogens with one attached hydrogen (secondary N) is 1. The summed E-state index contributed by atoms with van der Waals surface area (Å²) in [5.41, 5.74) is 4.58. The highest BCUT2D eigenvalue weighted by molar-refractivity contribution is 5.80. The maximum Gasteiger partial charge on any atom is 0.407 e. The molecule has 33 heavy (non-hydrogen) atoms. The fourth-order valence-corrected chi connectivity index (χ4v) is 4.84. The largest absolute Gasteiger partial charge is 0.479 e. The lowest BCUT2D eigenvalue weighted by molar-refractivity contribution is -0.190. The van der Waals surface area contributed by atoms with Crippen LogP contribution in [0.2, 0.25) is 0 Å². The first-order valence-electron chi connectivity index (χ1n) is 11.2. The van der Waals surface area contributed by atoms with Crippen molar-refractivity contribution in [3.05, 3.63) is 59.7 Å². The van der Waals surface area contributed by atoms with Crippen LogP contribution in [0.5, 0.6) is 0 Å². The molecule has 2 N–H and O–H groups in total. The van der Waals surface area contributed by atoms with Gasteiger partial charge in [-0.15, -0.1) is 0 Å². The standard InChI is InChI=1S/C25H28N2O6/c1-27(33-15-23(28)29)24(30)20-12-6-7-13-22(20)26-25(31)32-14-21-18-10-4-2-8-16(18)17-9-3-5-11-19(17)21/h2-5,8-11,20-22H,6-7,12-15H2,1H3,(H,26,31)(H,28,29). The third-order valence-electron chi connectivity index (χ3n) is 6.42. The molecule has 8 nitrogen and oxygen atoms in total. The number of rotatable bonds is 7. The highest BCUT2D eigenvalue weighted by Crippen LogP contribution is 2.44. The first-order chi connectivity index (χ1) is 16.0. The topological polar surface area (TPSA) is 105 Å². The Labute approximate surface area is 192 Å². The number of hydroxylamine groups is 2. The van der Waals surface area contributed by atoms with Crippen molar-refractivity contribution < 1.29 is 29.1 Å². The minimum atomic E-state index is -1.16. The van der Waals surface area contributed by atoms with Gasteiger partial charge in [-0.25, -0.2) is 14.7 Å². The van der Waals surface area contributed by atoms with Crippen LogP contribution in [0.15, 0.2) is 48.5 Å². The first kappa shape index (κ1) is 22.8. The van der Waals surface area contributed by atoms with Crippen LogP contribution < -0.4 is 5.32 Å². The summed E-state index contributed by atoms with van der Waals surface area (Å²) in [4.78, 5) is 41.1. The van der Waals surface area contributed by atoms with Crippen molar-refractivity contribution in [2.75, 3.05) is 20.3 Å². The second-order valence-electron chi connectivity index (χ2n) is 8.47. The lowest BCUT2D eigenvalue weighted by atomic mass is 9.84. The molecule has 0 heterocycles. The highest BCUT2D eigenvalue weighted by Gasteiger charge is 2.35. The van der Waals surface area contributed by atoms with Gasteiger partial charge in [-0.3, -0.25) is 9.63 Å². The Morgan fingerprint density at radius 2 is 1.61 bits per heavy atom. The maximum atomic E-state index is 12.8. The molecule has 2 aliphatic carbocycles. The van der Waals surface area contributed by atoms with Crippen molar-refractivity contribution in [1.29, 1.82) is 0 Å². The zero-order chi connectivity index (χ0) is 23.4. The number of carboxylic acids is 1. The van der Waals surface area contributed by atoms with Crippen molar-refractivity contribution in [3.8, 4) is 11.1 Å². The normalized spacial score (nSPS) is 19.3. The molecular formula is C25H28N2O6. The molecule has 2 aromatic carbocycles. The number of carboxylic acid groups (broad SMARTS) is 1. The van der Waals surface area contributed by atoms with Gasteiger partial charge < -0.3 is 15.2 Å². The van der Waals surface area contributed by atoms with Gasteiger partial charge in [0, 0.05) is 19.0 Å². The number of alkyl carbamates (subject to hydrolysis) is 1. The lowest BCUT2D eigenvalue weighted by Gasteiger charge is -2.33. The fraction of sp³-hybridized carbons (Fsp3) is 0.400. The van der Waals surface area contributed by atoms with Crippen LogP contribution in [0.1, 0.15) is 42.7 Å². The summed E-state index contributed by atoms with van der Waals surface area (Å²) < 4.78 is 5.63. The third-order valence-corrected chi connectivity index (χ3v) is 6.42. The van der Waals surface area contributed by atoms with Gasteiger partial charge >= 0.3 is 12.1 Å². The summed E-state index contributed by atoms with van der Waals surface area (Å²) in [6, 6.07) is 15.9. The van der Waals surface area contributed by atoms with Crippen molar-refractivity contribution in [2.45, 2.75) is 37.6 Å². The van der Waals surface area contributed by atoms with Crippen LogP contribution in [-0.4, -0.2) is 54.4 Å². The van der Waals surface area contributed by atoms with Gasteiger partial charge in [-0.1, -0.05) is 61.4 Å². The van der Waals surface area contributed by atoms with Crippen LogP contribution in [0, 0.1) is 5.92 Å². The first-order valence-corrected chi connectivity index (χ1v) is 11.2.